The molecule has 2 aromatic carbocycles. The molecule has 0 bridgehead atoms. The van der Waals surface area contributed by atoms with E-state index in [4.69, 9.17) is 10.00 Å². The lowest BCUT2D eigenvalue weighted by molar-refractivity contribution is 0.0747. The molecule has 126 valence electrons. The van der Waals surface area contributed by atoms with E-state index >= 15 is 0 Å². The maximum Gasteiger partial charge on any atom is 0.181 e. The van der Waals surface area contributed by atoms with E-state index in [0.29, 0.717) is 16.7 Å². The number of ether oxygens (including phenoxy) is 1. The van der Waals surface area contributed by atoms with Crippen LogP contribution in [-0.4, -0.2) is 19.3 Å². The highest BCUT2D eigenvalue weighted by Crippen LogP contribution is 2.55. The molecule has 1 heterocycles. The molecule has 0 fully saturated rings. The highest BCUT2D eigenvalue weighted by atomic mass is 32.2. The topological polar surface area (TPSA) is 87.4 Å². The van der Waals surface area contributed by atoms with E-state index in [0.717, 1.165) is 12.1 Å². The fraction of sp³-hybridized carbons (Fsp3) is 0.167. The molecule has 0 radical (unpaired) electrons. The fourth-order valence-corrected chi connectivity index (χ4v) is 5.49. The Balaban J connectivity index is 1.88. The molecule has 1 N–H and O–H groups in total. The van der Waals surface area contributed by atoms with Gasteiger partial charge in [-0.1, -0.05) is 6.58 Å². The van der Waals surface area contributed by atoms with E-state index in [1.807, 2.05) is 6.07 Å². The predicted molar refractivity (Wildman–Crippen MR) is 87.2 cm³/mol. The summed E-state index contributed by atoms with van der Waals surface area (Å²) < 4.78 is 43.8. The van der Waals surface area contributed by atoms with Gasteiger partial charge < -0.3 is 9.84 Å². The largest absolute Gasteiger partial charge is 0.457 e. The summed E-state index contributed by atoms with van der Waals surface area (Å²) in [4.78, 5) is 0.0768. The van der Waals surface area contributed by atoms with Crippen molar-refractivity contribution in [2.75, 3.05) is 5.75 Å². The molecule has 1 aliphatic carbocycles. The minimum Gasteiger partial charge on any atom is -0.457 e. The monoisotopic (exact) mass is 357 g/mol. The van der Waals surface area contributed by atoms with Crippen LogP contribution < -0.4 is 4.74 Å². The zero-order chi connectivity index (χ0) is 18.0. The van der Waals surface area contributed by atoms with Gasteiger partial charge in [0.15, 0.2) is 9.84 Å². The molecule has 2 aliphatic rings. The summed E-state index contributed by atoms with van der Waals surface area (Å²) in [5.41, 5.74) is -0.109. The van der Waals surface area contributed by atoms with Gasteiger partial charge in [-0.25, -0.2) is 12.8 Å². The van der Waals surface area contributed by atoms with Crippen molar-refractivity contribution in [2.24, 2.45) is 0 Å². The summed E-state index contributed by atoms with van der Waals surface area (Å²) in [7, 11) is -3.56. The van der Waals surface area contributed by atoms with Crippen molar-refractivity contribution in [2.45, 2.75) is 16.9 Å². The quantitative estimate of drug-likeness (QED) is 0.893. The molecule has 5 nitrogen and oxygen atoms in total. The molecule has 1 unspecified atom stereocenters. The summed E-state index contributed by atoms with van der Waals surface area (Å²) in [5.74, 6) is -0.628. The normalized spacial score (nSPS) is 22.5. The van der Waals surface area contributed by atoms with Gasteiger partial charge in [0.2, 0.25) is 0 Å². The van der Waals surface area contributed by atoms with Crippen LogP contribution in [0.3, 0.4) is 0 Å². The summed E-state index contributed by atoms with van der Waals surface area (Å²) in [6, 6.07) is 8.27. The van der Waals surface area contributed by atoms with E-state index < -0.39 is 21.3 Å². The molecule has 0 saturated carbocycles. The average Bonchev–Trinajstić information content (AvgIpc) is 2.88. The first-order valence-electron chi connectivity index (χ1n) is 7.43. The van der Waals surface area contributed by atoms with Crippen LogP contribution >= 0.6 is 0 Å². The maximum absolute atomic E-state index is 13.6. The van der Waals surface area contributed by atoms with Gasteiger partial charge in [0.1, 0.15) is 22.9 Å². The smallest absolute Gasteiger partial charge is 0.181 e. The lowest BCUT2D eigenvalue weighted by Crippen LogP contribution is -2.24. The molecule has 1 aliphatic heterocycles. The Morgan fingerprint density at radius 1 is 1.32 bits per heavy atom. The third kappa shape index (κ3) is 2.26. The van der Waals surface area contributed by atoms with Crippen LogP contribution in [-0.2, 0) is 15.4 Å². The molecule has 0 saturated heterocycles. The van der Waals surface area contributed by atoms with E-state index in [-0.39, 0.29) is 34.1 Å². The Labute approximate surface area is 143 Å². The van der Waals surface area contributed by atoms with Gasteiger partial charge in [0.05, 0.1) is 22.3 Å². The zero-order valence-corrected chi connectivity index (χ0v) is 13.7. The van der Waals surface area contributed by atoms with Crippen LogP contribution in [0.4, 0.5) is 4.39 Å². The van der Waals surface area contributed by atoms with Crippen LogP contribution in [0.1, 0.15) is 23.1 Å². The van der Waals surface area contributed by atoms with E-state index in [1.165, 1.54) is 18.2 Å². The second kappa shape index (κ2) is 4.91. The van der Waals surface area contributed by atoms with Gasteiger partial charge in [-0.05, 0) is 29.8 Å². The summed E-state index contributed by atoms with van der Waals surface area (Å²) in [5, 5.41) is 19.7. The van der Waals surface area contributed by atoms with E-state index in [2.05, 4.69) is 6.58 Å². The van der Waals surface area contributed by atoms with Crippen LogP contribution in [0.5, 0.6) is 11.5 Å². The molecule has 1 atom stereocenters. The SMILES string of the molecule is C=C1CC2(O)CS(=O)(=O)c3ccc(Oc4cc(F)cc(C#N)c4)c1c32. The Morgan fingerprint density at radius 2 is 2.08 bits per heavy atom. The van der Waals surface area contributed by atoms with Gasteiger partial charge in [-0.3, -0.25) is 0 Å². The van der Waals surface area contributed by atoms with Crippen LogP contribution in [0.2, 0.25) is 0 Å². The van der Waals surface area contributed by atoms with E-state index in [1.54, 1.807) is 0 Å². The maximum atomic E-state index is 13.6. The number of nitriles is 1. The molecular weight excluding hydrogens is 345 g/mol. The lowest BCUT2D eigenvalue weighted by atomic mass is 9.98. The van der Waals surface area contributed by atoms with Gasteiger partial charge in [0.25, 0.3) is 0 Å². The number of hydrogen-bond acceptors (Lipinski definition) is 5. The molecular formula is C18H12FNO4S. The van der Waals surface area contributed by atoms with Gasteiger partial charge in [0, 0.05) is 23.6 Å². The second-order valence-electron chi connectivity index (χ2n) is 6.27. The molecule has 4 rings (SSSR count). The number of aliphatic hydroxyl groups is 1. The number of nitrogens with zero attached hydrogens (tertiary/aromatic N) is 1. The van der Waals surface area contributed by atoms with Crippen molar-refractivity contribution >= 4 is 15.4 Å². The molecule has 25 heavy (non-hydrogen) atoms. The average molecular weight is 357 g/mol. The number of benzene rings is 2. The third-order valence-electron chi connectivity index (χ3n) is 4.45. The second-order valence-corrected chi connectivity index (χ2v) is 8.23. The highest BCUT2D eigenvalue weighted by molar-refractivity contribution is 7.91. The van der Waals surface area contributed by atoms with Crippen LogP contribution in [0, 0.1) is 17.1 Å². The van der Waals surface area contributed by atoms with Crippen molar-refractivity contribution in [3.05, 3.63) is 59.4 Å². The van der Waals surface area contributed by atoms with Crippen molar-refractivity contribution < 1.29 is 22.7 Å². The van der Waals surface area contributed by atoms with Gasteiger partial charge >= 0.3 is 0 Å². The molecule has 7 heteroatoms. The Kier molecular flexibility index (Phi) is 3.11. The first-order valence-corrected chi connectivity index (χ1v) is 9.08. The van der Waals surface area contributed by atoms with Crippen molar-refractivity contribution in [3.63, 3.8) is 0 Å². The zero-order valence-electron chi connectivity index (χ0n) is 12.9. The van der Waals surface area contributed by atoms with Crippen molar-refractivity contribution in [1.29, 1.82) is 5.26 Å². The first-order chi connectivity index (χ1) is 11.7. The van der Waals surface area contributed by atoms with Crippen LogP contribution in [0.15, 0.2) is 41.8 Å². The summed E-state index contributed by atoms with van der Waals surface area (Å²) in [6.45, 7) is 3.91. The summed E-state index contributed by atoms with van der Waals surface area (Å²) in [6.07, 6.45) is 0.0987. The molecule has 0 spiro atoms. The predicted octanol–water partition coefficient (Wildman–Crippen LogP) is 2.88. The Bertz CT molecular complexity index is 1100. The third-order valence-corrected chi connectivity index (χ3v) is 6.31. The number of rotatable bonds is 2. The van der Waals surface area contributed by atoms with E-state index in [9.17, 15) is 17.9 Å². The van der Waals surface area contributed by atoms with Gasteiger partial charge in [-0.15, -0.1) is 0 Å². The molecule has 0 aromatic heterocycles. The Hall–Kier alpha value is -2.69. The number of halogens is 1. The Morgan fingerprint density at radius 3 is 2.80 bits per heavy atom. The minimum absolute atomic E-state index is 0.0768. The van der Waals surface area contributed by atoms with Crippen LogP contribution in [0.25, 0.3) is 5.57 Å². The standard InChI is InChI=1S/C18H12FNO4S/c1-10-7-18(21)9-25(22,23)15-3-2-14(16(10)17(15)18)24-13-5-11(8-20)4-12(19)6-13/h2-6,21H,1,7,9H2. The summed E-state index contributed by atoms with van der Waals surface area (Å²) >= 11 is 0. The van der Waals surface area contributed by atoms with Gasteiger partial charge in [-0.2, -0.15) is 5.26 Å². The fourth-order valence-electron chi connectivity index (χ4n) is 3.58. The van der Waals surface area contributed by atoms with Crippen molar-refractivity contribution in [3.8, 4) is 17.6 Å². The number of hydrogen-bond donors (Lipinski definition) is 1. The number of sulfone groups is 1. The van der Waals surface area contributed by atoms with Crippen molar-refractivity contribution in [1.82, 2.24) is 0 Å². The highest BCUT2D eigenvalue weighted by Gasteiger charge is 2.52. The minimum atomic E-state index is -3.56. The molecule has 0 amide bonds. The lowest BCUT2D eigenvalue weighted by Gasteiger charge is -2.15. The molecule has 2 aromatic rings. The first kappa shape index (κ1) is 15.8.